The Bertz CT molecular complexity index is 560. The fourth-order valence-corrected chi connectivity index (χ4v) is 2.78. The average molecular weight is 277 g/mol. The highest BCUT2D eigenvalue weighted by Gasteiger charge is 2.24. The second-order valence-corrected chi connectivity index (χ2v) is 5.47. The summed E-state index contributed by atoms with van der Waals surface area (Å²) in [6, 6.07) is 2.31. The predicted molar refractivity (Wildman–Crippen MR) is 62.7 cm³/mol. The van der Waals surface area contributed by atoms with Gasteiger partial charge in [0.1, 0.15) is 5.84 Å². The van der Waals surface area contributed by atoms with Crippen molar-refractivity contribution in [3.05, 3.63) is 29.8 Å². The van der Waals surface area contributed by atoms with Gasteiger partial charge in [0.25, 0.3) is 0 Å². The topological polar surface area (TPSA) is 87.2 Å². The fraction of sp³-hybridized carbons (Fsp3) is 0.300. The molecule has 0 aliphatic heterocycles. The lowest BCUT2D eigenvalue weighted by atomic mass is 10.3. The van der Waals surface area contributed by atoms with Crippen LogP contribution in [0.4, 0.5) is 8.78 Å². The second kappa shape index (κ2) is 5.40. The minimum atomic E-state index is -3.98. The Kier molecular flexibility index (Phi) is 4.36. The summed E-state index contributed by atoms with van der Waals surface area (Å²) in [6.07, 6.45) is 0. The molecule has 0 aliphatic rings. The predicted octanol–water partition coefficient (Wildman–Crippen LogP) is 0.911. The molecule has 0 fully saturated rings. The van der Waals surface area contributed by atoms with Crippen LogP contribution in [0.2, 0.25) is 0 Å². The van der Waals surface area contributed by atoms with E-state index in [0.717, 1.165) is 16.4 Å². The summed E-state index contributed by atoms with van der Waals surface area (Å²) in [5, 5.41) is 7.08. The van der Waals surface area contributed by atoms with E-state index in [4.69, 9.17) is 11.1 Å². The monoisotopic (exact) mass is 277 g/mol. The van der Waals surface area contributed by atoms with Gasteiger partial charge in [0, 0.05) is 6.54 Å². The minimum absolute atomic E-state index is 0.0703. The molecule has 1 aromatic carbocycles. The van der Waals surface area contributed by atoms with Crippen LogP contribution >= 0.6 is 0 Å². The zero-order chi connectivity index (χ0) is 13.9. The Hall–Kier alpha value is -1.54. The van der Waals surface area contributed by atoms with Crippen LogP contribution in [0.5, 0.6) is 0 Å². The van der Waals surface area contributed by atoms with Crippen LogP contribution in [0.1, 0.15) is 6.92 Å². The molecule has 5 nitrogen and oxygen atoms in total. The quantitative estimate of drug-likeness (QED) is 0.619. The van der Waals surface area contributed by atoms with Gasteiger partial charge in [0.05, 0.1) is 11.4 Å². The van der Waals surface area contributed by atoms with Crippen molar-refractivity contribution in [3.63, 3.8) is 0 Å². The Balaban J connectivity index is 3.18. The van der Waals surface area contributed by atoms with Gasteiger partial charge in [-0.3, -0.25) is 5.41 Å². The van der Waals surface area contributed by atoms with Gasteiger partial charge >= 0.3 is 0 Å². The molecule has 0 unspecified atom stereocenters. The molecule has 0 amide bonds. The maximum atomic E-state index is 13.0. The second-order valence-electron chi connectivity index (χ2n) is 3.53. The molecular formula is C10H13F2N3O2S. The molecule has 8 heteroatoms. The van der Waals surface area contributed by atoms with Gasteiger partial charge in [-0.25, -0.2) is 17.2 Å². The number of rotatable bonds is 5. The van der Waals surface area contributed by atoms with Crippen molar-refractivity contribution in [1.29, 1.82) is 5.41 Å². The van der Waals surface area contributed by atoms with Crippen molar-refractivity contribution >= 4 is 15.9 Å². The number of hydrogen-bond donors (Lipinski definition) is 2. The molecular weight excluding hydrogens is 264 g/mol. The van der Waals surface area contributed by atoms with E-state index in [1.807, 2.05) is 0 Å². The lowest BCUT2D eigenvalue weighted by Gasteiger charge is -2.19. The van der Waals surface area contributed by atoms with Crippen LogP contribution in [0.15, 0.2) is 23.1 Å². The number of benzene rings is 1. The van der Waals surface area contributed by atoms with Gasteiger partial charge in [-0.05, 0) is 18.2 Å². The number of nitrogens with two attached hydrogens (primary N) is 1. The van der Waals surface area contributed by atoms with Crippen LogP contribution < -0.4 is 5.73 Å². The molecule has 3 N–H and O–H groups in total. The summed E-state index contributed by atoms with van der Waals surface area (Å²) in [7, 11) is -3.98. The van der Waals surface area contributed by atoms with Crippen LogP contribution in [-0.2, 0) is 10.0 Å². The summed E-state index contributed by atoms with van der Waals surface area (Å²) in [4.78, 5) is -0.371. The zero-order valence-electron chi connectivity index (χ0n) is 9.65. The summed E-state index contributed by atoms with van der Waals surface area (Å²) in [5.74, 6) is -2.69. The van der Waals surface area contributed by atoms with Crippen molar-refractivity contribution in [2.75, 3.05) is 13.1 Å². The maximum Gasteiger partial charge on any atom is 0.243 e. The number of sulfonamides is 1. The first-order chi connectivity index (χ1) is 8.28. The first kappa shape index (κ1) is 14.5. The van der Waals surface area contributed by atoms with Crippen LogP contribution in [0.25, 0.3) is 0 Å². The molecule has 0 bridgehead atoms. The van der Waals surface area contributed by atoms with Gasteiger partial charge < -0.3 is 5.73 Å². The first-order valence-electron chi connectivity index (χ1n) is 5.07. The van der Waals surface area contributed by atoms with E-state index in [2.05, 4.69) is 0 Å². The number of halogens is 2. The Morgan fingerprint density at radius 2 is 2.00 bits per heavy atom. The van der Waals surface area contributed by atoms with E-state index in [1.54, 1.807) is 6.92 Å². The Morgan fingerprint density at radius 3 is 2.44 bits per heavy atom. The Labute approximate surface area is 104 Å². The van der Waals surface area contributed by atoms with Crippen LogP contribution in [0, 0.1) is 17.0 Å². The third-order valence-electron chi connectivity index (χ3n) is 2.23. The zero-order valence-corrected chi connectivity index (χ0v) is 10.5. The summed E-state index contributed by atoms with van der Waals surface area (Å²) >= 11 is 0. The highest BCUT2D eigenvalue weighted by molar-refractivity contribution is 7.89. The number of amidine groups is 1. The van der Waals surface area contributed by atoms with Crippen LogP contribution in [-0.4, -0.2) is 31.6 Å². The van der Waals surface area contributed by atoms with Crippen molar-refractivity contribution < 1.29 is 17.2 Å². The molecule has 0 saturated carbocycles. The maximum absolute atomic E-state index is 13.0. The molecule has 0 spiro atoms. The van der Waals surface area contributed by atoms with E-state index < -0.39 is 21.7 Å². The molecule has 100 valence electrons. The standard InChI is InChI=1S/C10H13F2N3O2S/c1-2-15(6-10(13)14)18(16,17)7-3-4-8(11)9(12)5-7/h3-5H,2,6H2,1H3,(H3,13,14). The number of nitrogens with zero attached hydrogens (tertiary/aromatic N) is 1. The summed E-state index contributed by atoms with van der Waals surface area (Å²) in [5.41, 5.74) is 5.14. The summed E-state index contributed by atoms with van der Waals surface area (Å²) in [6.45, 7) is 1.33. The van der Waals surface area contributed by atoms with E-state index in [-0.39, 0.29) is 23.8 Å². The van der Waals surface area contributed by atoms with Crippen molar-refractivity contribution in [2.45, 2.75) is 11.8 Å². The van der Waals surface area contributed by atoms with Gasteiger partial charge in [0.15, 0.2) is 11.6 Å². The molecule has 0 saturated heterocycles. The molecule has 1 rings (SSSR count). The highest BCUT2D eigenvalue weighted by Crippen LogP contribution is 2.18. The number of hydrogen-bond acceptors (Lipinski definition) is 3. The van der Waals surface area contributed by atoms with Gasteiger partial charge in [-0.2, -0.15) is 4.31 Å². The van der Waals surface area contributed by atoms with Gasteiger partial charge in [0.2, 0.25) is 10.0 Å². The molecule has 0 atom stereocenters. The van der Waals surface area contributed by atoms with E-state index in [9.17, 15) is 17.2 Å². The summed E-state index contributed by atoms with van der Waals surface area (Å²) < 4.78 is 50.8. The molecule has 0 heterocycles. The minimum Gasteiger partial charge on any atom is -0.387 e. The van der Waals surface area contributed by atoms with Gasteiger partial charge in [-0.15, -0.1) is 0 Å². The molecule has 18 heavy (non-hydrogen) atoms. The third-order valence-corrected chi connectivity index (χ3v) is 4.15. The normalized spacial score (nSPS) is 11.8. The third kappa shape index (κ3) is 3.02. The van der Waals surface area contributed by atoms with E-state index in [0.29, 0.717) is 6.07 Å². The lowest BCUT2D eigenvalue weighted by molar-refractivity contribution is 0.463. The van der Waals surface area contributed by atoms with Crippen molar-refractivity contribution in [3.8, 4) is 0 Å². The SMILES string of the molecule is CCN(CC(=N)N)S(=O)(=O)c1ccc(F)c(F)c1. The first-order valence-corrected chi connectivity index (χ1v) is 6.51. The van der Waals surface area contributed by atoms with Gasteiger partial charge in [-0.1, -0.05) is 6.92 Å². The van der Waals surface area contributed by atoms with Crippen molar-refractivity contribution in [1.82, 2.24) is 4.31 Å². The fourth-order valence-electron chi connectivity index (χ4n) is 1.34. The van der Waals surface area contributed by atoms with Crippen LogP contribution in [0.3, 0.4) is 0 Å². The number of likely N-dealkylation sites (N-methyl/N-ethyl adjacent to an activating group) is 1. The van der Waals surface area contributed by atoms with E-state index in [1.165, 1.54) is 0 Å². The number of nitrogens with one attached hydrogen (secondary N) is 1. The average Bonchev–Trinajstić information content (AvgIpc) is 2.28. The Morgan fingerprint density at radius 1 is 1.39 bits per heavy atom. The molecule has 0 radical (unpaired) electrons. The molecule has 0 aromatic heterocycles. The van der Waals surface area contributed by atoms with E-state index >= 15 is 0 Å². The largest absolute Gasteiger partial charge is 0.387 e. The molecule has 1 aromatic rings. The lowest BCUT2D eigenvalue weighted by Crippen LogP contribution is -2.38. The van der Waals surface area contributed by atoms with Crippen molar-refractivity contribution in [2.24, 2.45) is 5.73 Å². The highest BCUT2D eigenvalue weighted by atomic mass is 32.2. The molecule has 0 aliphatic carbocycles. The smallest absolute Gasteiger partial charge is 0.243 e.